The van der Waals surface area contributed by atoms with Crippen molar-refractivity contribution in [2.75, 3.05) is 32.4 Å². The fraction of sp³-hybridized carbons (Fsp3) is 0.387. The molecule has 1 amide bonds. The second kappa shape index (κ2) is 12.4. The first kappa shape index (κ1) is 28.9. The minimum absolute atomic E-state index is 0.0396. The van der Waals surface area contributed by atoms with E-state index < -0.39 is 15.4 Å². The van der Waals surface area contributed by atoms with Crippen LogP contribution >= 0.6 is 0 Å². The summed E-state index contributed by atoms with van der Waals surface area (Å²) < 4.78 is 37.0. The molecule has 0 aliphatic carbocycles. The molecule has 6 nitrogen and oxygen atoms in total. The van der Waals surface area contributed by atoms with Gasteiger partial charge >= 0.3 is 0 Å². The highest BCUT2D eigenvalue weighted by Crippen LogP contribution is 2.34. The van der Waals surface area contributed by atoms with Gasteiger partial charge in [-0.05, 0) is 67.1 Å². The molecule has 1 saturated heterocycles. The molecule has 0 aromatic heterocycles. The van der Waals surface area contributed by atoms with Gasteiger partial charge in [-0.25, -0.2) is 12.8 Å². The lowest BCUT2D eigenvalue weighted by Crippen LogP contribution is -2.48. The largest absolute Gasteiger partial charge is 0.380 e. The molecular formula is C31H37FN2O4S. The lowest BCUT2D eigenvalue weighted by molar-refractivity contribution is -0.133. The van der Waals surface area contributed by atoms with E-state index in [1.807, 2.05) is 42.2 Å². The van der Waals surface area contributed by atoms with Gasteiger partial charge in [0.15, 0.2) is 9.84 Å². The number of amides is 1. The number of hydrogen-bond donors (Lipinski definition) is 1. The van der Waals surface area contributed by atoms with Crippen LogP contribution in [-0.4, -0.2) is 67.7 Å². The van der Waals surface area contributed by atoms with Crippen LogP contribution in [0, 0.1) is 5.82 Å². The number of sulfone groups is 1. The van der Waals surface area contributed by atoms with E-state index in [1.165, 1.54) is 18.4 Å². The fourth-order valence-corrected chi connectivity index (χ4v) is 6.07. The molecule has 1 atom stereocenters. The lowest BCUT2D eigenvalue weighted by atomic mass is 9.83. The van der Waals surface area contributed by atoms with E-state index in [4.69, 9.17) is 0 Å². The Morgan fingerprint density at radius 1 is 0.974 bits per heavy atom. The molecule has 1 unspecified atom stereocenters. The highest BCUT2D eigenvalue weighted by Gasteiger charge is 2.33. The molecule has 39 heavy (non-hydrogen) atoms. The van der Waals surface area contributed by atoms with Gasteiger partial charge in [-0.1, -0.05) is 54.6 Å². The number of rotatable bonds is 10. The van der Waals surface area contributed by atoms with Crippen molar-refractivity contribution >= 4 is 15.7 Å². The Morgan fingerprint density at radius 3 is 2.13 bits per heavy atom. The van der Waals surface area contributed by atoms with Crippen molar-refractivity contribution in [2.45, 2.75) is 49.1 Å². The zero-order valence-corrected chi connectivity index (χ0v) is 23.4. The summed E-state index contributed by atoms with van der Waals surface area (Å²) in [6.07, 6.45) is 3.55. The monoisotopic (exact) mass is 552 g/mol. The zero-order valence-electron chi connectivity index (χ0n) is 22.6. The summed E-state index contributed by atoms with van der Waals surface area (Å²) in [5, 5.41) is 11.8. The number of aliphatic hydroxyl groups is 1. The number of carbonyl (C=O) groups is 1. The average molecular weight is 553 g/mol. The standard InChI is InChI=1S/C31H37FN2O4S/c1-3-34(30(35)23-24-9-15-29(16-10-24)39(2,37)38)28-17-20-33(21-18-28)22-19-31(36,25-7-5-4-6-8-25)26-11-13-27(32)14-12-26/h4-16,28,36H,3,17-23H2,1-2H3. The molecule has 0 bridgehead atoms. The lowest BCUT2D eigenvalue weighted by Gasteiger charge is -2.39. The van der Waals surface area contributed by atoms with E-state index in [0.29, 0.717) is 25.1 Å². The average Bonchev–Trinajstić information content (AvgIpc) is 2.93. The van der Waals surface area contributed by atoms with E-state index in [0.717, 1.165) is 37.1 Å². The minimum Gasteiger partial charge on any atom is -0.380 e. The van der Waals surface area contributed by atoms with Crippen LogP contribution in [0.5, 0.6) is 0 Å². The Kier molecular flexibility index (Phi) is 9.20. The first-order valence-electron chi connectivity index (χ1n) is 13.4. The van der Waals surface area contributed by atoms with Crippen LogP contribution in [0.15, 0.2) is 83.8 Å². The SMILES string of the molecule is CCN(C(=O)Cc1ccc(S(C)(=O)=O)cc1)C1CCN(CCC(O)(c2ccccc2)c2ccc(F)cc2)CC1. The summed E-state index contributed by atoms with van der Waals surface area (Å²) >= 11 is 0. The van der Waals surface area contributed by atoms with Crippen molar-refractivity contribution in [3.8, 4) is 0 Å². The van der Waals surface area contributed by atoms with Crippen molar-refractivity contribution < 1.29 is 22.7 Å². The van der Waals surface area contributed by atoms with Gasteiger partial charge < -0.3 is 14.9 Å². The zero-order chi connectivity index (χ0) is 28.0. The summed E-state index contributed by atoms with van der Waals surface area (Å²) in [5.41, 5.74) is 1.00. The number of benzene rings is 3. The van der Waals surface area contributed by atoms with Crippen molar-refractivity contribution in [1.82, 2.24) is 9.80 Å². The molecule has 4 rings (SSSR count). The Labute approximate surface area is 231 Å². The van der Waals surface area contributed by atoms with Gasteiger partial charge in [0.2, 0.25) is 5.91 Å². The van der Waals surface area contributed by atoms with Crippen molar-refractivity contribution in [3.05, 3.63) is 101 Å². The Balaban J connectivity index is 1.36. The Bertz CT molecular complexity index is 1340. The summed E-state index contributed by atoms with van der Waals surface area (Å²) in [4.78, 5) is 17.6. The summed E-state index contributed by atoms with van der Waals surface area (Å²) in [7, 11) is -3.27. The molecule has 8 heteroatoms. The van der Waals surface area contributed by atoms with E-state index in [2.05, 4.69) is 4.90 Å². The number of likely N-dealkylation sites (tertiary alicyclic amines) is 1. The molecular weight excluding hydrogens is 515 g/mol. The molecule has 3 aromatic carbocycles. The molecule has 0 saturated carbocycles. The van der Waals surface area contributed by atoms with Crippen LogP contribution in [0.1, 0.15) is 42.9 Å². The molecule has 0 radical (unpaired) electrons. The predicted octanol–water partition coefficient (Wildman–Crippen LogP) is 4.41. The molecule has 3 aromatic rings. The quantitative estimate of drug-likeness (QED) is 0.403. The summed E-state index contributed by atoms with van der Waals surface area (Å²) in [6, 6.07) is 22.2. The first-order valence-corrected chi connectivity index (χ1v) is 15.3. The van der Waals surface area contributed by atoms with Gasteiger partial charge in [-0.2, -0.15) is 0 Å². The van der Waals surface area contributed by atoms with Gasteiger partial charge in [0.1, 0.15) is 11.4 Å². The van der Waals surface area contributed by atoms with Gasteiger partial charge in [0, 0.05) is 38.5 Å². The predicted molar refractivity (Wildman–Crippen MR) is 151 cm³/mol. The molecule has 1 heterocycles. The van der Waals surface area contributed by atoms with Crippen molar-refractivity contribution in [1.29, 1.82) is 0 Å². The van der Waals surface area contributed by atoms with Crippen LogP contribution < -0.4 is 0 Å². The molecule has 1 aliphatic rings. The topological polar surface area (TPSA) is 77.9 Å². The molecule has 1 fully saturated rings. The third-order valence-corrected chi connectivity index (χ3v) is 8.86. The van der Waals surface area contributed by atoms with E-state index >= 15 is 0 Å². The number of hydrogen-bond acceptors (Lipinski definition) is 5. The van der Waals surface area contributed by atoms with Gasteiger partial charge in [-0.15, -0.1) is 0 Å². The Morgan fingerprint density at radius 2 is 1.56 bits per heavy atom. The molecule has 1 aliphatic heterocycles. The number of piperidine rings is 1. The maximum atomic E-state index is 13.6. The minimum atomic E-state index is -3.27. The fourth-order valence-electron chi connectivity index (χ4n) is 5.44. The van der Waals surface area contributed by atoms with Crippen LogP contribution in [0.25, 0.3) is 0 Å². The molecule has 208 valence electrons. The second-order valence-corrected chi connectivity index (χ2v) is 12.3. The number of halogens is 1. The second-order valence-electron chi connectivity index (χ2n) is 10.3. The van der Waals surface area contributed by atoms with E-state index in [1.54, 1.807) is 36.4 Å². The van der Waals surface area contributed by atoms with Crippen LogP contribution in [0.4, 0.5) is 4.39 Å². The number of likely N-dealkylation sites (N-methyl/N-ethyl adjacent to an activating group) is 1. The first-order chi connectivity index (χ1) is 18.6. The number of carbonyl (C=O) groups excluding carboxylic acids is 1. The smallest absolute Gasteiger partial charge is 0.227 e. The van der Waals surface area contributed by atoms with Crippen molar-refractivity contribution in [2.24, 2.45) is 0 Å². The normalized spacial score (nSPS) is 16.5. The summed E-state index contributed by atoms with van der Waals surface area (Å²) in [5.74, 6) is -0.296. The third-order valence-electron chi connectivity index (χ3n) is 7.73. The van der Waals surface area contributed by atoms with Crippen molar-refractivity contribution in [3.63, 3.8) is 0 Å². The van der Waals surface area contributed by atoms with E-state index in [9.17, 15) is 22.7 Å². The highest BCUT2D eigenvalue weighted by atomic mass is 32.2. The molecule has 0 spiro atoms. The number of nitrogens with zero attached hydrogens (tertiary/aromatic N) is 2. The van der Waals surface area contributed by atoms with Gasteiger partial charge in [-0.3, -0.25) is 4.79 Å². The summed E-state index contributed by atoms with van der Waals surface area (Å²) in [6.45, 7) is 4.89. The molecule has 1 N–H and O–H groups in total. The Hall–Kier alpha value is -3.07. The van der Waals surface area contributed by atoms with Gasteiger partial charge in [0.05, 0.1) is 11.3 Å². The van der Waals surface area contributed by atoms with Crippen LogP contribution in [0.3, 0.4) is 0 Å². The van der Waals surface area contributed by atoms with E-state index in [-0.39, 0.29) is 29.1 Å². The van der Waals surface area contributed by atoms with Crippen LogP contribution in [-0.2, 0) is 26.7 Å². The maximum absolute atomic E-state index is 13.6. The van der Waals surface area contributed by atoms with Gasteiger partial charge in [0.25, 0.3) is 0 Å². The third kappa shape index (κ3) is 7.12. The van der Waals surface area contributed by atoms with Crippen LogP contribution in [0.2, 0.25) is 0 Å². The highest BCUT2D eigenvalue weighted by molar-refractivity contribution is 7.90. The maximum Gasteiger partial charge on any atom is 0.227 e.